The van der Waals surface area contributed by atoms with E-state index < -0.39 is 15.6 Å². The van der Waals surface area contributed by atoms with Crippen LogP contribution < -0.4 is 16.2 Å². The number of rotatable bonds is 4. The summed E-state index contributed by atoms with van der Waals surface area (Å²) in [6, 6.07) is 4.55. The first-order valence-electron chi connectivity index (χ1n) is 6.68. The highest BCUT2D eigenvalue weighted by Gasteiger charge is 2.32. The summed E-state index contributed by atoms with van der Waals surface area (Å²) in [6.45, 7) is -0.0402. The average Bonchev–Trinajstić information content (AvgIpc) is 2.41. The highest BCUT2D eigenvalue weighted by molar-refractivity contribution is 7.89. The highest BCUT2D eigenvalue weighted by Crippen LogP contribution is 2.34. The van der Waals surface area contributed by atoms with Gasteiger partial charge in [0.2, 0.25) is 10.0 Å². The maximum Gasteiger partial charge on any atom is 0.240 e. The van der Waals surface area contributed by atoms with Gasteiger partial charge in [-0.15, -0.1) is 0 Å². The Morgan fingerprint density at radius 3 is 2.45 bits per heavy atom. The molecule has 0 spiro atoms. The normalized spacial score (nSPS) is 18.7. The molecule has 0 saturated heterocycles. The predicted octanol–water partition coefficient (Wildman–Crippen LogP) is 1.02. The molecule has 1 fully saturated rings. The van der Waals surface area contributed by atoms with Crippen molar-refractivity contribution in [2.45, 2.75) is 42.5 Å². The van der Waals surface area contributed by atoms with Crippen LogP contribution in [0.1, 0.15) is 32.1 Å². The first kappa shape index (κ1) is 15.1. The Morgan fingerprint density at radius 2 is 1.90 bits per heavy atom. The molecule has 6 N–H and O–H groups in total. The second-order valence-electron chi connectivity index (χ2n) is 5.42. The molecule has 20 heavy (non-hydrogen) atoms. The molecule has 2 rings (SSSR count). The number of nitrogens with one attached hydrogen (secondary N) is 1. The second kappa shape index (κ2) is 5.59. The van der Waals surface area contributed by atoms with Gasteiger partial charge in [0.15, 0.2) is 0 Å². The minimum Gasteiger partial charge on any atom is -0.399 e. The van der Waals surface area contributed by atoms with Gasteiger partial charge in [0.1, 0.15) is 4.90 Å². The number of aliphatic hydroxyl groups excluding tert-OH is 1. The summed E-state index contributed by atoms with van der Waals surface area (Å²) in [5.41, 5.74) is 5.88. The fourth-order valence-corrected chi connectivity index (χ4v) is 3.44. The van der Waals surface area contributed by atoms with Gasteiger partial charge in [-0.25, -0.2) is 13.6 Å². The summed E-state index contributed by atoms with van der Waals surface area (Å²) in [6.07, 6.45) is 4.75. The van der Waals surface area contributed by atoms with Gasteiger partial charge in [0.05, 0.1) is 17.8 Å². The lowest BCUT2D eigenvalue weighted by Gasteiger charge is -2.37. The molecule has 1 saturated carbocycles. The largest absolute Gasteiger partial charge is 0.399 e. The molecule has 1 aliphatic carbocycles. The summed E-state index contributed by atoms with van der Waals surface area (Å²) in [7, 11) is -3.87. The van der Waals surface area contributed by atoms with E-state index in [0.717, 1.165) is 32.1 Å². The van der Waals surface area contributed by atoms with Crippen molar-refractivity contribution in [3.63, 3.8) is 0 Å². The Morgan fingerprint density at radius 1 is 1.25 bits per heavy atom. The molecule has 112 valence electrons. The minimum absolute atomic E-state index is 0.0316. The van der Waals surface area contributed by atoms with E-state index in [2.05, 4.69) is 5.32 Å². The Labute approximate surface area is 119 Å². The van der Waals surface area contributed by atoms with Crippen LogP contribution in [-0.2, 0) is 10.0 Å². The first-order chi connectivity index (χ1) is 9.36. The summed E-state index contributed by atoms with van der Waals surface area (Å²) in [5.74, 6) is 0. The second-order valence-corrected chi connectivity index (χ2v) is 6.95. The van der Waals surface area contributed by atoms with E-state index in [9.17, 15) is 13.5 Å². The lowest BCUT2D eigenvalue weighted by atomic mass is 9.82. The van der Waals surface area contributed by atoms with Crippen LogP contribution in [-0.4, -0.2) is 25.7 Å². The van der Waals surface area contributed by atoms with Gasteiger partial charge in [0, 0.05) is 5.69 Å². The third kappa shape index (κ3) is 3.23. The lowest BCUT2D eigenvalue weighted by Crippen LogP contribution is -2.44. The Balaban J connectivity index is 2.37. The summed E-state index contributed by atoms with van der Waals surface area (Å²) < 4.78 is 23.3. The molecule has 0 atom stereocenters. The number of nitrogen functional groups attached to an aromatic ring is 1. The molecule has 0 amide bonds. The number of hydrogen-bond donors (Lipinski definition) is 4. The van der Waals surface area contributed by atoms with E-state index in [1.165, 1.54) is 6.07 Å². The van der Waals surface area contributed by atoms with Gasteiger partial charge >= 0.3 is 0 Å². The maximum atomic E-state index is 11.7. The number of primary sulfonamides is 1. The Hall–Kier alpha value is -1.31. The number of aliphatic hydroxyl groups is 1. The fourth-order valence-electron chi connectivity index (χ4n) is 2.71. The van der Waals surface area contributed by atoms with Crippen molar-refractivity contribution in [2.75, 3.05) is 17.7 Å². The van der Waals surface area contributed by atoms with Crippen molar-refractivity contribution >= 4 is 21.4 Å². The van der Waals surface area contributed by atoms with Crippen LogP contribution in [0.4, 0.5) is 11.4 Å². The summed E-state index contributed by atoms with van der Waals surface area (Å²) >= 11 is 0. The smallest absolute Gasteiger partial charge is 0.240 e. The molecular formula is C13H21N3O3S. The zero-order valence-corrected chi connectivity index (χ0v) is 12.1. The number of sulfonamides is 1. The minimum atomic E-state index is -3.87. The van der Waals surface area contributed by atoms with Crippen LogP contribution in [0.5, 0.6) is 0 Å². The molecule has 1 aromatic rings. The van der Waals surface area contributed by atoms with Crippen molar-refractivity contribution < 1.29 is 13.5 Å². The third-order valence-corrected chi connectivity index (χ3v) is 4.78. The van der Waals surface area contributed by atoms with Crippen molar-refractivity contribution in [1.29, 1.82) is 0 Å². The predicted molar refractivity (Wildman–Crippen MR) is 78.8 cm³/mol. The first-order valence-corrected chi connectivity index (χ1v) is 8.22. The molecule has 6 nitrogen and oxygen atoms in total. The molecule has 0 aliphatic heterocycles. The topological polar surface area (TPSA) is 118 Å². The fraction of sp³-hybridized carbons (Fsp3) is 0.538. The van der Waals surface area contributed by atoms with E-state index in [4.69, 9.17) is 10.9 Å². The lowest BCUT2D eigenvalue weighted by molar-refractivity contribution is 0.172. The van der Waals surface area contributed by atoms with Gasteiger partial charge in [-0.2, -0.15) is 0 Å². The van der Waals surface area contributed by atoms with Crippen molar-refractivity contribution in [3.05, 3.63) is 18.2 Å². The van der Waals surface area contributed by atoms with E-state index in [0.29, 0.717) is 11.4 Å². The number of anilines is 2. The van der Waals surface area contributed by atoms with Crippen LogP contribution >= 0.6 is 0 Å². The van der Waals surface area contributed by atoms with E-state index >= 15 is 0 Å². The maximum absolute atomic E-state index is 11.7. The number of benzene rings is 1. The molecule has 0 bridgehead atoms. The monoisotopic (exact) mass is 299 g/mol. The van der Waals surface area contributed by atoms with Gasteiger partial charge in [-0.3, -0.25) is 0 Å². The van der Waals surface area contributed by atoms with Crippen LogP contribution in [0.15, 0.2) is 23.1 Å². The molecule has 0 radical (unpaired) electrons. The van der Waals surface area contributed by atoms with Crippen LogP contribution in [0.3, 0.4) is 0 Å². The molecule has 0 aromatic heterocycles. The average molecular weight is 299 g/mol. The quantitative estimate of drug-likeness (QED) is 0.619. The summed E-state index contributed by atoms with van der Waals surface area (Å²) in [5, 5.41) is 18.1. The SMILES string of the molecule is Nc1ccc(NC2(CO)CCCCC2)c(S(N)(=O)=O)c1. The van der Waals surface area contributed by atoms with Gasteiger partial charge < -0.3 is 16.2 Å². The Kier molecular flexibility index (Phi) is 4.22. The van der Waals surface area contributed by atoms with Crippen molar-refractivity contribution in [1.82, 2.24) is 0 Å². The van der Waals surface area contributed by atoms with Crippen LogP contribution in [0.25, 0.3) is 0 Å². The van der Waals surface area contributed by atoms with Crippen LogP contribution in [0.2, 0.25) is 0 Å². The number of hydrogen-bond acceptors (Lipinski definition) is 5. The highest BCUT2D eigenvalue weighted by atomic mass is 32.2. The number of nitrogens with two attached hydrogens (primary N) is 2. The van der Waals surface area contributed by atoms with Gasteiger partial charge in [-0.1, -0.05) is 19.3 Å². The molecule has 7 heteroatoms. The van der Waals surface area contributed by atoms with Gasteiger partial charge in [0.25, 0.3) is 0 Å². The molecule has 1 aromatic carbocycles. The van der Waals surface area contributed by atoms with Crippen LogP contribution in [0, 0.1) is 0 Å². The third-order valence-electron chi connectivity index (χ3n) is 3.83. The van der Waals surface area contributed by atoms with Crippen molar-refractivity contribution in [2.24, 2.45) is 5.14 Å². The Bertz CT molecular complexity index is 581. The van der Waals surface area contributed by atoms with Gasteiger partial charge in [-0.05, 0) is 31.0 Å². The standard InChI is InChI=1S/C13H21N3O3S/c14-10-4-5-11(12(8-10)20(15,18)19)16-13(9-17)6-2-1-3-7-13/h4-5,8,16-17H,1-3,6-7,9,14H2,(H2,15,18,19). The molecule has 1 aliphatic rings. The molecule has 0 unspecified atom stereocenters. The van der Waals surface area contributed by atoms with E-state index in [1.807, 2.05) is 0 Å². The zero-order chi connectivity index (χ0) is 14.8. The van der Waals surface area contributed by atoms with E-state index in [1.54, 1.807) is 12.1 Å². The van der Waals surface area contributed by atoms with E-state index in [-0.39, 0.29) is 11.5 Å². The zero-order valence-electron chi connectivity index (χ0n) is 11.3. The molecule has 0 heterocycles. The molecular weight excluding hydrogens is 278 g/mol. The summed E-state index contributed by atoms with van der Waals surface area (Å²) in [4.78, 5) is -0.0316. The van der Waals surface area contributed by atoms with Crippen molar-refractivity contribution in [3.8, 4) is 0 Å².